The molecule has 1 heterocycles. The zero-order valence-electron chi connectivity index (χ0n) is 12.1. The number of hydrogen-bond acceptors (Lipinski definition) is 3. The number of fused-ring (bicyclic) bond motifs is 1. The molecule has 1 aromatic carbocycles. The van der Waals surface area contributed by atoms with Crippen LogP contribution in [0.5, 0.6) is 0 Å². The molecule has 22 heavy (non-hydrogen) atoms. The highest BCUT2D eigenvalue weighted by atomic mass is 35.5. The van der Waals surface area contributed by atoms with E-state index >= 15 is 0 Å². The van der Waals surface area contributed by atoms with Crippen LogP contribution in [0, 0.1) is 17.2 Å². The highest BCUT2D eigenvalue weighted by Crippen LogP contribution is 2.33. The van der Waals surface area contributed by atoms with Crippen molar-refractivity contribution in [1.29, 1.82) is 5.26 Å². The van der Waals surface area contributed by atoms with Gasteiger partial charge in [0, 0.05) is 14.9 Å². The Morgan fingerprint density at radius 2 is 2.27 bits per heavy atom. The summed E-state index contributed by atoms with van der Waals surface area (Å²) in [6.45, 7) is 2.26. The Hall–Kier alpha value is -1.34. The minimum absolute atomic E-state index is 0.537. The van der Waals surface area contributed by atoms with Gasteiger partial charge in [-0.05, 0) is 49.0 Å². The van der Waals surface area contributed by atoms with Crippen molar-refractivity contribution >= 4 is 46.2 Å². The maximum absolute atomic E-state index is 9.48. The first-order valence-corrected chi connectivity index (χ1v) is 8.70. The lowest BCUT2D eigenvalue weighted by Gasteiger charge is -2.15. The van der Waals surface area contributed by atoms with Gasteiger partial charge in [0.05, 0.1) is 11.3 Å². The zero-order chi connectivity index (χ0) is 15.7. The predicted octanol–water partition coefficient (Wildman–Crippen LogP) is 5.64. The van der Waals surface area contributed by atoms with E-state index in [1.165, 1.54) is 11.3 Å². The monoisotopic (exact) mass is 348 g/mol. The van der Waals surface area contributed by atoms with Crippen LogP contribution in [0.25, 0.3) is 11.6 Å². The van der Waals surface area contributed by atoms with E-state index in [9.17, 15) is 5.26 Å². The zero-order valence-corrected chi connectivity index (χ0v) is 14.4. The van der Waals surface area contributed by atoms with E-state index in [2.05, 4.69) is 18.0 Å². The number of nitrogens with zero attached hydrogens (tertiary/aromatic N) is 2. The van der Waals surface area contributed by atoms with Crippen LogP contribution in [-0.2, 0) is 12.8 Å². The first kappa shape index (κ1) is 15.6. The molecule has 112 valence electrons. The van der Waals surface area contributed by atoms with Crippen molar-refractivity contribution in [3.8, 4) is 6.07 Å². The van der Waals surface area contributed by atoms with E-state index < -0.39 is 0 Å². The van der Waals surface area contributed by atoms with Gasteiger partial charge in [-0.15, -0.1) is 11.3 Å². The third-order valence-corrected chi connectivity index (χ3v) is 5.51. The summed E-state index contributed by atoms with van der Waals surface area (Å²) in [5, 5.41) is 11.4. The molecule has 2 nitrogen and oxygen atoms in total. The van der Waals surface area contributed by atoms with E-state index in [0.29, 0.717) is 21.5 Å². The Kier molecular flexibility index (Phi) is 4.54. The number of thiazole rings is 1. The SMILES string of the molecule is CC1CCc2nc(/C(C#N)=C\c3ccc(Cl)cc3Cl)sc2C1. The summed E-state index contributed by atoms with van der Waals surface area (Å²) in [4.78, 5) is 5.98. The van der Waals surface area contributed by atoms with Crippen molar-refractivity contribution in [2.24, 2.45) is 5.92 Å². The quantitative estimate of drug-likeness (QED) is 0.658. The molecule has 0 fully saturated rings. The summed E-state index contributed by atoms with van der Waals surface area (Å²) in [6, 6.07) is 7.51. The first-order valence-electron chi connectivity index (χ1n) is 7.12. The number of aryl methyl sites for hydroxylation is 1. The van der Waals surface area contributed by atoms with Gasteiger partial charge in [0.25, 0.3) is 0 Å². The van der Waals surface area contributed by atoms with Gasteiger partial charge in [0.1, 0.15) is 11.1 Å². The Balaban J connectivity index is 1.98. The molecule has 1 unspecified atom stereocenters. The van der Waals surface area contributed by atoms with Gasteiger partial charge in [-0.25, -0.2) is 4.98 Å². The molecule has 1 atom stereocenters. The third-order valence-electron chi connectivity index (χ3n) is 3.80. The molecule has 1 aliphatic rings. The molecule has 0 saturated carbocycles. The molecule has 0 radical (unpaired) electrons. The summed E-state index contributed by atoms with van der Waals surface area (Å²) in [5.41, 5.74) is 2.49. The van der Waals surface area contributed by atoms with Gasteiger partial charge in [0.15, 0.2) is 0 Å². The molecule has 0 amide bonds. The van der Waals surface area contributed by atoms with E-state index in [1.807, 2.05) is 6.07 Å². The lowest BCUT2D eigenvalue weighted by atomic mass is 9.93. The van der Waals surface area contributed by atoms with E-state index in [0.717, 1.165) is 29.1 Å². The van der Waals surface area contributed by atoms with Gasteiger partial charge in [0.2, 0.25) is 0 Å². The number of hydrogen-bond donors (Lipinski definition) is 0. The molecule has 0 bridgehead atoms. The lowest BCUT2D eigenvalue weighted by Crippen LogP contribution is -2.09. The average Bonchev–Trinajstić information content (AvgIpc) is 2.89. The number of rotatable bonds is 2. The molecular weight excluding hydrogens is 335 g/mol. The van der Waals surface area contributed by atoms with Crippen LogP contribution < -0.4 is 0 Å². The Morgan fingerprint density at radius 1 is 1.45 bits per heavy atom. The fraction of sp³-hybridized carbons (Fsp3) is 0.294. The van der Waals surface area contributed by atoms with Crippen LogP contribution in [0.1, 0.15) is 34.5 Å². The van der Waals surface area contributed by atoms with Crippen molar-refractivity contribution in [2.45, 2.75) is 26.2 Å². The Bertz CT molecular complexity index is 786. The van der Waals surface area contributed by atoms with Crippen molar-refractivity contribution in [2.75, 3.05) is 0 Å². The van der Waals surface area contributed by atoms with Crippen LogP contribution in [0.3, 0.4) is 0 Å². The molecule has 0 N–H and O–H groups in total. The first-order chi connectivity index (χ1) is 10.6. The molecule has 5 heteroatoms. The average molecular weight is 349 g/mol. The Morgan fingerprint density at radius 3 is 3.00 bits per heavy atom. The van der Waals surface area contributed by atoms with Crippen molar-refractivity contribution in [3.63, 3.8) is 0 Å². The summed E-state index contributed by atoms with van der Waals surface area (Å²) < 4.78 is 0. The lowest BCUT2D eigenvalue weighted by molar-refractivity contribution is 0.502. The van der Waals surface area contributed by atoms with Crippen molar-refractivity contribution in [3.05, 3.63) is 49.4 Å². The predicted molar refractivity (Wildman–Crippen MR) is 93.2 cm³/mol. The second-order valence-corrected chi connectivity index (χ2v) is 7.50. The molecule has 3 rings (SSSR count). The normalized spacial score (nSPS) is 17.9. The minimum atomic E-state index is 0.537. The fourth-order valence-corrected chi connectivity index (χ4v) is 4.27. The molecule has 0 spiro atoms. The minimum Gasteiger partial charge on any atom is -0.240 e. The van der Waals surface area contributed by atoms with Crippen LogP contribution in [-0.4, -0.2) is 4.98 Å². The number of benzene rings is 1. The number of nitriles is 1. The van der Waals surface area contributed by atoms with E-state index in [-0.39, 0.29) is 0 Å². The largest absolute Gasteiger partial charge is 0.240 e. The smallest absolute Gasteiger partial charge is 0.134 e. The summed E-state index contributed by atoms with van der Waals surface area (Å²) in [7, 11) is 0. The second kappa shape index (κ2) is 6.42. The topological polar surface area (TPSA) is 36.7 Å². The Labute approximate surface area is 144 Å². The van der Waals surface area contributed by atoms with Crippen molar-refractivity contribution in [1.82, 2.24) is 4.98 Å². The summed E-state index contributed by atoms with van der Waals surface area (Å²) >= 11 is 13.7. The van der Waals surface area contributed by atoms with Gasteiger partial charge >= 0.3 is 0 Å². The standard InChI is InChI=1S/C17H14Cl2N2S/c1-10-2-5-15-16(6-10)22-17(21-15)12(9-20)7-11-3-4-13(18)8-14(11)19/h3-4,7-8,10H,2,5-6H2,1H3/b12-7-. The third kappa shape index (κ3) is 3.20. The van der Waals surface area contributed by atoms with E-state index in [4.69, 9.17) is 23.2 Å². The molecule has 0 saturated heterocycles. The van der Waals surface area contributed by atoms with Crippen LogP contribution >= 0.6 is 34.5 Å². The molecule has 2 aromatic rings. The second-order valence-electron chi connectivity index (χ2n) is 5.57. The fourth-order valence-electron chi connectivity index (χ4n) is 2.57. The van der Waals surface area contributed by atoms with E-state index in [1.54, 1.807) is 29.5 Å². The highest BCUT2D eigenvalue weighted by Gasteiger charge is 2.21. The van der Waals surface area contributed by atoms with Gasteiger partial charge < -0.3 is 0 Å². The number of halogens is 2. The van der Waals surface area contributed by atoms with Gasteiger partial charge in [-0.2, -0.15) is 5.26 Å². The van der Waals surface area contributed by atoms with Crippen molar-refractivity contribution < 1.29 is 0 Å². The molecule has 0 aliphatic heterocycles. The maximum atomic E-state index is 9.48. The van der Waals surface area contributed by atoms with Crippen LogP contribution in [0.2, 0.25) is 10.0 Å². The van der Waals surface area contributed by atoms with Gasteiger partial charge in [-0.1, -0.05) is 36.2 Å². The highest BCUT2D eigenvalue weighted by molar-refractivity contribution is 7.13. The van der Waals surface area contributed by atoms with Crippen LogP contribution in [0.4, 0.5) is 0 Å². The molecular formula is C17H14Cl2N2S. The molecule has 1 aliphatic carbocycles. The summed E-state index contributed by atoms with van der Waals surface area (Å²) in [6.07, 6.45) is 5.03. The maximum Gasteiger partial charge on any atom is 0.134 e. The molecule has 1 aromatic heterocycles. The summed E-state index contributed by atoms with van der Waals surface area (Å²) in [5.74, 6) is 0.695. The van der Waals surface area contributed by atoms with Gasteiger partial charge in [-0.3, -0.25) is 0 Å². The van der Waals surface area contributed by atoms with Crippen LogP contribution in [0.15, 0.2) is 18.2 Å². The number of allylic oxidation sites excluding steroid dienone is 1. The number of aromatic nitrogens is 1.